The van der Waals surface area contributed by atoms with E-state index >= 15 is 0 Å². The number of rotatable bonds is 19. The monoisotopic (exact) mass is 528 g/mol. The highest BCUT2D eigenvalue weighted by Gasteiger charge is 2.13. The van der Waals surface area contributed by atoms with Crippen LogP contribution in [0.25, 0.3) is 0 Å². The van der Waals surface area contributed by atoms with Crippen LogP contribution in [0.2, 0.25) is 0 Å². The highest BCUT2D eigenvalue weighted by Crippen LogP contribution is 2.01. The van der Waals surface area contributed by atoms with Crippen molar-refractivity contribution in [3.8, 4) is 0 Å². The van der Waals surface area contributed by atoms with Gasteiger partial charge >= 0.3 is 0 Å². The Labute approximate surface area is 216 Å². The molecule has 0 aliphatic carbocycles. The van der Waals surface area contributed by atoms with Gasteiger partial charge in [0, 0.05) is 58.8 Å². The van der Waals surface area contributed by atoms with Crippen molar-refractivity contribution in [2.45, 2.75) is 51.9 Å². The molecule has 14 nitrogen and oxygen atoms in total. The molecule has 0 aromatic rings. The standard InChI is InChI=1S/C23H40N6O8/c1-19(30)27(35)16-8-5-15-26-21(32)10-11-22(33)28(36)17-6-2-4-14-25-20(31)9-12-23(34)29(37)18-7-3-13-24/h3,5,7-8,35-37H,2,4,6,9-18,24H2,1H3,(H,25,31)(H,26,32). The lowest BCUT2D eigenvalue weighted by Gasteiger charge is -2.15. The number of nitrogens with one attached hydrogen (secondary N) is 2. The number of carbonyl (C=O) groups excluding carboxylic acids is 5. The minimum absolute atomic E-state index is 0.00201. The van der Waals surface area contributed by atoms with Crippen LogP contribution in [0.5, 0.6) is 0 Å². The lowest BCUT2D eigenvalue weighted by Crippen LogP contribution is -2.31. The predicted molar refractivity (Wildman–Crippen MR) is 132 cm³/mol. The summed E-state index contributed by atoms with van der Waals surface area (Å²) < 4.78 is 0. The average molecular weight is 529 g/mol. The molecule has 0 saturated heterocycles. The molecule has 5 amide bonds. The molecule has 7 N–H and O–H groups in total. The van der Waals surface area contributed by atoms with E-state index in [-0.39, 0.29) is 63.7 Å². The molecule has 0 atom stereocenters. The summed E-state index contributed by atoms with van der Waals surface area (Å²) in [7, 11) is 0. The van der Waals surface area contributed by atoms with E-state index < -0.39 is 17.7 Å². The zero-order valence-corrected chi connectivity index (χ0v) is 21.3. The molecule has 210 valence electrons. The number of amides is 5. The van der Waals surface area contributed by atoms with E-state index in [1.54, 1.807) is 18.2 Å². The first-order valence-corrected chi connectivity index (χ1v) is 12.1. The summed E-state index contributed by atoms with van der Waals surface area (Å²) in [5.41, 5.74) is 5.27. The van der Waals surface area contributed by atoms with Gasteiger partial charge in [-0.1, -0.05) is 24.3 Å². The molecule has 0 heterocycles. The fourth-order valence-electron chi connectivity index (χ4n) is 2.72. The van der Waals surface area contributed by atoms with Crippen LogP contribution in [0.3, 0.4) is 0 Å². The van der Waals surface area contributed by atoms with Gasteiger partial charge in [-0.3, -0.25) is 39.6 Å². The third-order valence-corrected chi connectivity index (χ3v) is 4.88. The van der Waals surface area contributed by atoms with Gasteiger partial charge in [0.05, 0.1) is 13.1 Å². The van der Waals surface area contributed by atoms with Crippen molar-refractivity contribution in [2.24, 2.45) is 5.73 Å². The van der Waals surface area contributed by atoms with Gasteiger partial charge in [-0.15, -0.1) is 0 Å². The number of unbranched alkanes of at least 4 members (excludes halogenated alkanes) is 2. The molecule has 0 bridgehead atoms. The Hall–Kier alpha value is -3.33. The minimum Gasteiger partial charge on any atom is -0.356 e. The summed E-state index contributed by atoms with van der Waals surface area (Å²) in [6, 6.07) is 0. The van der Waals surface area contributed by atoms with Crippen LogP contribution in [-0.4, -0.2) is 99.6 Å². The zero-order chi connectivity index (χ0) is 28.1. The normalized spacial score (nSPS) is 10.9. The molecule has 0 unspecified atom stereocenters. The Morgan fingerprint density at radius 1 is 0.703 bits per heavy atom. The molecule has 0 aliphatic heterocycles. The smallest absolute Gasteiger partial charge is 0.246 e. The van der Waals surface area contributed by atoms with Crippen molar-refractivity contribution in [2.75, 3.05) is 39.3 Å². The molecule has 14 heteroatoms. The zero-order valence-electron chi connectivity index (χ0n) is 21.3. The van der Waals surface area contributed by atoms with Crippen LogP contribution >= 0.6 is 0 Å². The molecule has 0 fully saturated rings. The Bertz CT molecular complexity index is 789. The van der Waals surface area contributed by atoms with Gasteiger partial charge in [0.15, 0.2) is 0 Å². The van der Waals surface area contributed by atoms with E-state index in [2.05, 4.69) is 10.6 Å². The summed E-state index contributed by atoms with van der Waals surface area (Å²) in [5.74, 6) is -2.36. The van der Waals surface area contributed by atoms with Crippen molar-refractivity contribution >= 4 is 29.5 Å². The number of hydrogen-bond acceptors (Lipinski definition) is 9. The summed E-state index contributed by atoms with van der Waals surface area (Å²) >= 11 is 0. The Kier molecular flexibility index (Phi) is 18.9. The topological polar surface area (TPSA) is 206 Å². The summed E-state index contributed by atoms with van der Waals surface area (Å²) in [6.45, 7) is 2.13. The fraction of sp³-hybridized carbons (Fsp3) is 0.609. The largest absolute Gasteiger partial charge is 0.356 e. The van der Waals surface area contributed by atoms with Gasteiger partial charge in [-0.05, 0) is 19.3 Å². The quantitative estimate of drug-likeness (QED) is 0.0562. The first kappa shape index (κ1) is 33.7. The van der Waals surface area contributed by atoms with Crippen LogP contribution in [-0.2, 0) is 24.0 Å². The van der Waals surface area contributed by atoms with Crippen molar-refractivity contribution in [1.82, 2.24) is 25.8 Å². The van der Waals surface area contributed by atoms with Crippen molar-refractivity contribution in [3.63, 3.8) is 0 Å². The second-order valence-corrected chi connectivity index (χ2v) is 7.99. The Morgan fingerprint density at radius 3 is 1.89 bits per heavy atom. The van der Waals surface area contributed by atoms with Crippen molar-refractivity contribution < 1.29 is 39.6 Å². The number of nitrogens with two attached hydrogens (primary N) is 1. The maximum atomic E-state index is 11.9. The minimum atomic E-state index is -0.586. The van der Waals surface area contributed by atoms with Crippen LogP contribution in [0, 0.1) is 0 Å². The molecule has 0 radical (unpaired) electrons. The molecule has 0 rings (SSSR count). The average Bonchev–Trinajstić information content (AvgIpc) is 2.87. The number of nitrogens with zero attached hydrogens (tertiary/aromatic N) is 3. The van der Waals surface area contributed by atoms with E-state index in [1.165, 1.54) is 13.0 Å². The Morgan fingerprint density at radius 2 is 1.27 bits per heavy atom. The van der Waals surface area contributed by atoms with Gasteiger partial charge in [0.1, 0.15) is 0 Å². The number of hydroxylamine groups is 6. The van der Waals surface area contributed by atoms with Gasteiger partial charge in [0.25, 0.3) is 0 Å². The third kappa shape index (κ3) is 18.6. The molecule has 0 saturated carbocycles. The van der Waals surface area contributed by atoms with E-state index in [1.807, 2.05) is 0 Å². The van der Waals surface area contributed by atoms with Gasteiger partial charge < -0.3 is 16.4 Å². The summed E-state index contributed by atoms with van der Waals surface area (Å²) in [5, 5.41) is 35.3. The highest BCUT2D eigenvalue weighted by atomic mass is 16.5. The molecule has 0 aromatic heterocycles. The van der Waals surface area contributed by atoms with Crippen LogP contribution < -0.4 is 16.4 Å². The summed E-state index contributed by atoms with van der Waals surface area (Å²) in [4.78, 5) is 58.0. The maximum Gasteiger partial charge on any atom is 0.246 e. The predicted octanol–water partition coefficient (Wildman–Crippen LogP) is -0.306. The lowest BCUT2D eigenvalue weighted by atomic mass is 10.2. The molecular formula is C23H40N6O8. The van der Waals surface area contributed by atoms with Gasteiger partial charge in [0.2, 0.25) is 29.5 Å². The van der Waals surface area contributed by atoms with Crippen LogP contribution in [0.4, 0.5) is 0 Å². The molecule has 0 spiro atoms. The van der Waals surface area contributed by atoms with E-state index in [9.17, 15) is 39.6 Å². The maximum absolute atomic E-state index is 11.9. The SMILES string of the molecule is CC(=O)N(O)CC=CCNC(=O)CCC(=O)N(O)CCCCCNC(=O)CCC(=O)N(O)CC=CCN. The van der Waals surface area contributed by atoms with Crippen LogP contribution in [0.1, 0.15) is 51.9 Å². The van der Waals surface area contributed by atoms with Crippen molar-refractivity contribution in [3.05, 3.63) is 24.3 Å². The van der Waals surface area contributed by atoms with Gasteiger partial charge in [-0.2, -0.15) is 0 Å². The second kappa shape index (κ2) is 20.8. The third-order valence-electron chi connectivity index (χ3n) is 4.88. The molecule has 37 heavy (non-hydrogen) atoms. The van der Waals surface area contributed by atoms with E-state index in [0.29, 0.717) is 47.5 Å². The van der Waals surface area contributed by atoms with E-state index in [4.69, 9.17) is 5.73 Å². The summed E-state index contributed by atoms with van der Waals surface area (Å²) in [6.07, 6.45) is 7.48. The fourth-order valence-corrected chi connectivity index (χ4v) is 2.72. The van der Waals surface area contributed by atoms with Crippen LogP contribution in [0.15, 0.2) is 24.3 Å². The molecular weight excluding hydrogens is 488 g/mol. The number of carbonyl (C=O) groups is 5. The molecule has 0 aromatic carbocycles. The van der Waals surface area contributed by atoms with Crippen molar-refractivity contribution in [1.29, 1.82) is 0 Å². The second-order valence-electron chi connectivity index (χ2n) is 7.99. The lowest BCUT2D eigenvalue weighted by molar-refractivity contribution is -0.166. The van der Waals surface area contributed by atoms with Gasteiger partial charge in [-0.25, -0.2) is 15.2 Å². The van der Waals surface area contributed by atoms with E-state index in [0.717, 1.165) is 0 Å². The number of hydrogen-bond donors (Lipinski definition) is 6. The molecule has 0 aliphatic rings. The first-order valence-electron chi connectivity index (χ1n) is 12.1. The highest BCUT2D eigenvalue weighted by molar-refractivity contribution is 5.83. The Balaban J connectivity index is 3.84. The first-order chi connectivity index (χ1) is 17.6.